The van der Waals surface area contributed by atoms with Crippen molar-refractivity contribution in [2.75, 3.05) is 6.54 Å². The van der Waals surface area contributed by atoms with Gasteiger partial charge in [-0.05, 0) is 89.9 Å². The Kier molecular flexibility index (Phi) is 5.04. The molecule has 0 aromatic heterocycles. The number of amides is 2. The van der Waals surface area contributed by atoms with Crippen LogP contribution in [-0.2, 0) is 4.79 Å². The summed E-state index contributed by atoms with van der Waals surface area (Å²) in [5.41, 5.74) is 0.242. The van der Waals surface area contributed by atoms with Crippen LogP contribution in [0.1, 0.15) is 48.9 Å². The predicted octanol–water partition coefficient (Wildman–Crippen LogP) is 3.65. The summed E-state index contributed by atoms with van der Waals surface area (Å²) < 4.78 is 13.8. The highest BCUT2D eigenvalue weighted by Gasteiger charge is 2.48. The summed E-state index contributed by atoms with van der Waals surface area (Å²) in [5.74, 6) is 2.23. The van der Waals surface area contributed by atoms with E-state index in [0.29, 0.717) is 22.4 Å². The minimum Gasteiger partial charge on any atom is -0.353 e. The molecule has 4 fully saturated rings. The molecule has 140 valence electrons. The lowest BCUT2D eigenvalue weighted by Crippen LogP contribution is -2.56. The molecule has 1 aromatic carbocycles. The third-order valence-corrected chi connectivity index (χ3v) is 7.06. The van der Waals surface area contributed by atoms with Crippen LogP contribution in [-0.4, -0.2) is 24.4 Å². The molecule has 4 nitrogen and oxygen atoms in total. The van der Waals surface area contributed by atoms with E-state index in [1.165, 1.54) is 50.3 Å². The number of carbonyl (C=O) groups is 2. The van der Waals surface area contributed by atoms with Crippen molar-refractivity contribution in [2.45, 2.75) is 44.6 Å². The van der Waals surface area contributed by atoms with Gasteiger partial charge >= 0.3 is 0 Å². The second-order valence-corrected chi connectivity index (χ2v) is 9.01. The number of hydrogen-bond acceptors (Lipinski definition) is 2. The minimum atomic E-state index is -0.460. The zero-order valence-electron chi connectivity index (χ0n) is 14.6. The first kappa shape index (κ1) is 18.0. The molecule has 4 aliphatic carbocycles. The van der Waals surface area contributed by atoms with Crippen LogP contribution >= 0.6 is 15.9 Å². The van der Waals surface area contributed by atoms with Crippen LogP contribution < -0.4 is 10.6 Å². The number of nitrogens with one attached hydrogen (secondary N) is 2. The van der Waals surface area contributed by atoms with E-state index in [1.807, 2.05) is 0 Å². The van der Waals surface area contributed by atoms with E-state index < -0.39 is 5.82 Å². The topological polar surface area (TPSA) is 58.2 Å². The van der Waals surface area contributed by atoms with E-state index in [-0.39, 0.29) is 30.3 Å². The summed E-state index contributed by atoms with van der Waals surface area (Å²) in [6.45, 7) is 0.251. The normalized spacial score (nSPS) is 31.7. The fraction of sp³-hybridized carbons (Fsp3) is 0.600. The van der Waals surface area contributed by atoms with Crippen molar-refractivity contribution in [3.8, 4) is 0 Å². The third kappa shape index (κ3) is 3.66. The van der Waals surface area contributed by atoms with Crippen molar-refractivity contribution in [3.63, 3.8) is 0 Å². The molecule has 4 bridgehead atoms. The fourth-order valence-electron chi connectivity index (χ4n) is 5.48. The average Bonchev–Trinajstić information content (AvgIpc) is 2.59. The minimum absolute atomic E-state index is 0.00100. The Hall–Kier alpha value is -1.43. The van der Waals surface area contributed by atoms with Gasteiger partial charge in [0.2, 0.25) is 5.91 Å². The number of hydrogen-bond donors (Lipinski definition) is 2. The monoisotopic (exact) mass is 422 g/mol. The van der Waals surface area contributed by atoms with Gasteiger partial charge in [-0.25, -0.2) is 4.39 Å². The van der Waals surface area contributed by atoms with E-state index in [4.69, 9.17) is 0 Å². The predicted molar refractivity (Wildman–Crippen MR) is 100 cm³/mol. The van der Waals surface area contributed by atoms with Crippen LogP contribution in [0.5, 0.6) is 0 Å². The standard InChI is InChI=1S/C20H24BrFN2O2/c21-17-2-1-15(22)10-16(17)20(26)23-4-3-18(25)24-19-13-6-11-5-12(8-13)9-14(19)7-11/h1-2,10-14,19H,3-9H2,(H,23,26)(H,24,25). The van der Waals surface area contributed by atoms with E-state index in [1.54, 1.807) is 0 Å². The summed E-state index contributed by atoms with van der Waals surface area (Å²) in [5, 5.41) is 5.94. The summed E-state index contributed by atoms with van der Waals surface area (Å²) >= 11 is 3.25. The quantitative estimate of drug-likeness (QED) is 0.760. The first-order valence-corrected chi connectivity index (χ1v) is 10.3. The first-order chi connectivity index (χ1) is 12.5. The van der Waals surface area contributed by atoms with Crippen molar-refractivity contribution in [2.24, 2.45) is 23.7 Å². The molecule has 4 aliphatic rings. The number of carbonyl (C=O) groups excluding carboxylic acids is 2. The molecule has 0 radical (unpaired) electrons. The fourth-order valence-corrected chi connectivity index (χ4v) is 5.90. The smallest absolute Gasteiger partial charge is 0.252 e. The Morgan fingerprint density at radius 2 is 1.73 bits per heavy atom. The van der Waals surface area contributed by atoms with Crippen LogP contribution in [0.2, 0.25) is 0 Å². The highest BCUT2D eigenvalue weighted by atomic mass is 79.9. The van der Waals surface area contributed by atoms with Crippen LogP contribution in [0.3, 0.4) is 0 Å². The van der Waals surface area contributed by atoms with Crippen molar-refractivity contribution < 1.29 is 14.0 Å². The second-order valence-electron chi connectivity index (χ2n) is 8.15. The molecule has 0 atom stereocenters. The molecular formula is C20H24BrFN2O2. The molecular weight excluding hydrogens is 399 g/mol. The van der Waals surface area contributed by atoms with E-state index in [2.05, 4.69) is 26.6 Å². The van der Waals surface area contributed by atoms with Gasteiger partial charge in [-0.2, -0.15) is 0 Å². The maximum atomic E-state index is 13.3. The number of rotatable bonds is 5. The maximum absolute atomic E-state index is 13.3. The molecule has 6 heteroatoms. The third-order valence-electron chi connectivity index (χ3n) is 6.37. The molecule has 0 aliphatic heterocycles. The van der Waals surface area contributed by atoms with Crippen molar-refractivity contribution in [3.05, 3.63) is 34.1 Å². The Balaban J connectivity index is 1.26. The van der Waals surface area contributed by atoms with E-state index >= 15 is 0 Å². The molecule has 2 N–H and O–H groups in total. The molecule has 2 amide bonds. The molecule has 0 spiro atoms. The maximum Gasteiger partial charge on any atom is 0.252 e. The Labute approximate surface area is 161 Å². The van der Waals surface area contributed by atoms with Crippen LogP contribution in [0.15, 0.2) is 22.7 Å². The van der Waals surface area contributed by atoms with Gasteiger partial charge in [-0.1, -0.05) is 0 Å². The molecule has 0 saturated heterocycles. The van der Waals surface area contributed by atoms with Gasteiger partial charge in [-0.15, -0.1) is 0 Å². The molecule has 1 aromatic rings. The lowest BCUT2D eigenvalue weighted by Gasteiger charge is -2.54. The van der Waals surface area contributed by atoms with Gasteiger partial charge < -0.3 is 10.6 Å². The van der Waals surface area contributed by atoms with Crippen LogP contribution in [0.4, 0.5) is 4.39 Å². The molecule has 0 heterocycles. The van der Waals surface area contributed by atoms with Gasteiger partial charge in [0.25, 0.3) is 5.91 Å². The molecule has 26 heavy (non-hydrogen) atoms. The lowest BCUT2D eigenvalue weighted by atomic mass is 9.54. The summed E-state index contributed by atoms with van der Waals surface area (Å²) in [7, 11) is 0. The summed E-state index contributed by atoms with van der Waals surface area (Å²) in [6, 6.07) is 4.31. The second kappa shape index (κ2) is 7.29. The van der Waals surface area contributed by atoms with Gasteiger partial charge in [0.05, 0.1) is 5.56 Å². The first-order valence-electron chi connectivity index (χ1n) is 9.52. The zero-order valence-corrected chi connectivity index (χ0v) is 16.2. The summed E-state index contributed by atoms with van der Waals surface area (Å²) in [4.78, 5) is 24.5. The number of benzene rings is 1. The molecule has 4 saturated carbocycles. The largest absolute Gasteiger partial charge is 0.353 e. The van der Waals surface area contributed by atoms with Gasteiger partial charge in [0.15, 0.2) is 0 Å². The van der Waals surface area contributed by atoms with Crippen molar-refractivity contribution in [1.82, 2.24) is 10.6 Å². The van der Waals surface area contributed by atoms with Gasteiger partial charge in [0.1, 0.15) is 5.82 Å². The SMILES string of the molecule is O=C(CCNC(=O)c1cc(F)ccc1Br)NC1C2CC3CC(C2)CC1C3. The highest BCUT2D eigenvalue weighted by Crippen LogP contribution is 2.53. The van der Waals surface area contributed by atoms with E-state index in [0.717, 1.165) is 11.8 Å². The van der Waals surface area contributed by atoms with Gasteiger partial charge in [-0.3, -0.25) is 9.59 Å². The average molecular weight is 423 g/mol. The van der Waals surface area contributed by atoms with Crippen molar-refractivity contribution >= 4 is 27.7 Å². The molecule has 0 unspecified atom stereocenters. The number of halogens is 2. The Bertz CT molecular complexity index is 696. The van der Waals surface area contributed by atoms with Crippen molar-refractivity contribution in [1.29, 1.82) is 0 Å². The highest BCUT2D eigenvalue weighted by molar-refractivity contribution is 9.10. The van der Waals surface area contributed by atoms with E-state index in [9.17, 15) is 14.0 Å². The lowest BCUT2D eigenvalue weighted by molar-refractivity contribution is -0.124. The van der Waals surface area contributed by atoms with Crippen LogP contribution in [0.25, 0.3) is 0 Å². The Morgan fingerprint density at radius 1 is 1.08 bits per heavy atom. The zero-order chi connectivity index (χ0) is 18.3. The molecule has 5 rings (SSSR count). The Morgan fingerprint density at radius 3 is 2.38 bits per heavy atom. The summed E-state index contributed by atoms with van der Waals surface area (Å²) in [6.07, 6.45) is 6.71. The van der Waals surface area contributed by atoms with Gasteiger partial charge in [0, 0.05) is 23.5 Å². The van der Waals surface area contributed by atoms with Crippen LogP contribution in [0, 0.1) is 29.5 Å².